The Labute approximate surface area is 151 Å². The molecule has 0 spiro atoms. The first-order chi connectivity index (χ1) is 12.6. The van der Waals surface area contributed by atoms with E-state index in [1.807, 2.05) is 33.8 Å². The summed E-state index contributed by atoms with van der Waals surface area (Å²) < 4.78 is 10.9. The second-order valence-electron chi connectivity index (χ2n) is 6.23. The fraction of sp³-hybridized carbons (Fsp3) is 0.250. The highest BCUT2D eigenvalue weighted by molar-refractivity contribution is 5.97. The predicted molar refractivity (Wildman–Crippen MR) is 100 cm³/mol. The lowest BCUT2D eigenvalue weighted by Gasteiger charge is -2.09. The normalized spacial score (nSPS) is 11.2. The van der Waals surface area contributed by atoms with Gasteiger partial charge in [0.05, 0.1) is 17.8 Å². The zero-order valence-corrected chi connectivity index (χ0v) is 15.3. The summed E-state index contributed by atoms with van der Waals surface area (Å²) in [5.41, 5.74) is 7.65. The van der Waals surface area contributed by atoms with Crippen LogP contribution in [-0.2, 0) is 0 Å². The molecular formula is C20H20N4O2. The Morgan fingerprint density at radius 2 is 1.96 bits per heavy atom. The third-order valence-electron chi connectivity index (χ3n) is 4.47. The topological polar surface area (TPSA) is 76.8 Å². The van der Waals surface area contributed by atoms with E-state index in [1.165, 1.54) is 0 Å². The number of nitrogens with zero attached hydrogens (tertiary/aromatic N) is 3. The van der Waals surface area contributed by atoms with Gasteiger partial charge in [-0.1, -0.05) is 11.2 Å². The van der Waals surface area contributed by atoms with Gasteiger partial charge in [0.15, 0.2) is 0 Å². The van der Waals surface area contributed by atoms with Crippen molar-refractivity contribution in [3.05, 3.63) is 47.6 Å². The van der Waals surface area contributed by atoms with Crippen LogP contribution in [0.2, 0.25) is 0 Å². The van der Waals surface area contributed by atoms with E-state index >= 15 is 0 Å². The van der Waals surface area contributed by atoms with Gasteiger partial charge in [-0.2, -0.15) is 4.98 Å². The Hall–Kier alpha value is -3.15. The number of aromatic nitrogens is 4. The molecule has 0 aliphatic rings. The van der Waals surface area contributed by atoms with Crippen LogP contribution in [0.3, 0.4) is 0 Å². The van der Waals surface area contributed by atoms with Crippen molar-refractivity contribution in [1.82, 2.24) is 20.1 Å². The number of imidazole rings is 1. The lowest BCUT2D eigenvalue weighted by Crippen LogP contribution is -1.92. The Kier molecular flexibility index (Phi) is 3.95. The number of hydrogen-bond acceptors (Lipinski definition) is 5. The summed E-state index contributed by atoms with van der Waals surface area (Å²) in [6, 6.07) is 8.69. The van der Waals surface area contributed by atoms with Crippen LogP contribution in [0.5, 0.6) is 6.01 Å². The summed E-state index contributed by atoms with van der Waals surface area (Å²) >= 11 is 0. The number of benzene rings is 1. The van der Waals surface area contributed by atoms with Gasteiger partial charge >= 0.3 is 0 Å². The Balaban J connectivity index is 2.03. The summed E-state index contributed by atoms with van der Waals surface area (Å²) in [6.45, 7) is 8.36. The molecule has 4 rings (SSSR count). The smallest absolute Gasteiger partial charge is 0.294 e. The number of nitrogens with one attached hydrogen (secondary N) is 1. The van der Waals surface area contributed by atoms with Crippen molar-refractivity contribution in [2.24, 2.45) is 0 Å². The lowest BCUT2D eigenvalue weighted by atomic mass is 9.96. The van der Waals surface area contributed by atoms with Crippen molar-refractivity contribution < 1.29 is 9.26 Å². The van der Waals surface area contributed by atoms with Gasteiger partial charge in [-0.05, 0) is 51.5 Å². The highest BCUT2D eigenvalue weighted by atomic mass is 16.5. The van der Waals surface area contributed by atoms with Crippen LogP contribution in [-0.4, -0.2) is 26.7 Å². The summed E-state index contributed by atoms with van der Waals surface area (Å²) in [4.78, 5) is 12.3. The van der Waals surface area contributed by atoms with Crippen LogP contribution >= 0.6 is 0 Å². The number of aryl methyl sites for hydroxylation is 3. The molecule has 0 bridgehead atoms. The SMILES string of the molecule is CCOc1nc2c(-c3cccnc3C)cc(-c3c(C)noc3C)cc2[nH]1. The second kappa shape index (κ2) is 6.29. The van der Waals surface area contributed by atoms with Gasteiger partial charge in [0.25, 0.3) is 6.01 Å². The van der Waals surface area contributed by atoms with Crippen molar-refractivity contribution in [2.75, 3.05) is 6.61 Å². The van der Waals surface area contributed by atoms with E-state index in [4.69, 9.17) is 9.26 Å². The fourth-order valence-electron chi connectivity index (χ4n) is 3.31. The molecule has 0 saturated heterocycles. The molecule has 0 saturated carbocycles. The van der Waals surface area contributed by atoms with Gasteiger partial charge in [0.1, 0.15) is 11.3 Å². The number of H-pyrrole nitrogens is 1. The molecule has 1 aromatic carbocycles. The molecule has 0 amide bonds. The average molecular weight is 348 g/mol. The molecule has 1 N–H and O–H groups in total. The Morgan fingerprint density at radius 3 is 2.65 bits per heavy atom. The van der Waals surface area contributed by atoms with Crippen molar-refractivity contribution in [1.29, 1.82) is 0 Å². The molecule has 6 heteroatoms. The van der Waals surface area contributed by atoms with Crippen LogP contribution in [0.15, 0.2) is 35.0 Å². The minimum atomic E-state index is 0.515. The van der Waals surface area contributed by atoms with E-state index in [-0.39, 0.29) is 0 Å². The zero-order chi connectivity index (χ0) is 18.3. The standard InChI is InChI=1S/C20H20N4O2/c1-5-25-20-22-17-10-14(18-12(3)24-26-13(18)4)9-16(19(17)23-20)15-7-6-8-21-11(15)2/h6-10H,5H2,1-4H3,(H,22,23). The quantitative estimate of drug-likeness (QED) is 0.583. The maximum absolute atomic E-state index is 5.58. The molecule has 0 radical (unpaired) electrons. The first-order valence-corrected chi connectivity index (χ1v) is 8.60. The molecule has 0 aliphatic heterocycles. The second-order valence-corrected chi connectivity index (χ2v) is 6.23. The van der Waals surface area contributed by atoms with Crippen molar-refractivity contribution >= 4 is 11.0 Å². The number of pyridine rings is 1. The number of rotatable bonds is 4. The molecule has 132 valence electrons. The lowest BCUT2D eigenvalue weighted by molar-refractivity contribution is 0.317. The summed E-state index contributed by atoms with van der Waals surface area (Å²) in [6.07, 6.45) is 1.80. The fourth-order valence-corrected chi connectivity index (χ4v) is 3.31. The molecule has 0 unspecified atom stereocenters. The highest BCUT2D eigenvalue weighted by Crippen LogP contribution is 2.37. The molecule has 6 nitrogen and oxygen atoms in total. The zero-order valence-electron chi connectivity index (χ0n) is 15.3. The number of ether oxygens (including phenoxy) is 1. The molecule has 4 aromatic rings. The summed E-state index contributed by atoms with van der Waals surface area (Å²) in [7, 11) is 0. The van der Waals surface area contributed by atoms with Crippen LogP contribution in [0, 0.1) is 20.8 Å². The predicted octanol–water partition coefficient (Wildman–Crippen LogP) is 4.60. The van der Waals surface area contributed by atoms with Crippen molar-refractivity contribution in [3.63, 3.8) is 0 Å². The minimum Gasteiger partial charge on any atom is -0.465 e. The van der Waals surface area contributed by atoms with Gasteiger partial charge in [-0.3, -0.25) is 4.98 Å². The molecule has 0 aliphatic carbocycles. The van der Waals surface area contributed by atoms with E-state index in [0.717, 1.165) is 50.4 Å². The number of aromatic amines is 1. The first-order valence-electron chi connectivity index (χ1n) is 8.60. The van der Waals surface area contributed by atoms with Crippen LogP contribution in [0.1, 0.15) is 24.1 Å². The molecule has 3 heterocycles. The third-order valence-corrected chi connectivity index (χ3v) is 4.47. The minimum absolute atomic E-state index is 0.515. The van der Waals surface area contributed by atoms with E-state index in [0.29, 0.717) is 12.6 Å². The van der Waals surface area contributed by atoms with E-state index in [2.05, 4.69) is 38.3 Å². The van der Waals surface area contributed by atoms with Crippen LogP contribution in [0.25, 0.3) is 33.3 Å². The van der Waals surface area contributed by atoms with Gasteiger partial charge in [-0.25, -0.2) is 0 Å². The number of fused-ring (bicyclic) bond motifs is 1. The van der Waals surface area contributed by atoms with Crippen molar-refractivity contribution in [2.45, 2.75) is 27.7 Å². The van der Waals surface area contributed by atoms with Gasteiger partial charge < -0.3 is 14.2 Å². The number of hydrogen-bond donors (Lipinski definition) is 1. The first kappa shape index (κ1) is 16.3. The molecule has 3 aromatic heterocycles. The molecular weight excluding hydrogens is 328 g/mol. The van der Waals surface area contributed by atoms with E-state index in [1.54, 1.807) is 6.20 Å². The largest absolute Gasteiger partial charge is 0.465 e. The van der Waals surface area contributed by atoms with E-state index < -0.39 is 0 Å². The summed E-state index contributed by atoms with van der Waals surface area (Å²) in [5.74, 6) is 0.792. The van der Waals surface area contributed by atoms with Gasteiger partial charge in [-0.15, -0.1) is 0 Å². The van der Waals surface area contributed by atoms with Gasteiger partial charge in [0, 0.05) is 28.6 Å². The Morgan fingerprint density at radius 1 is 1.12 bits per heavy atom. The van der Waals surface area contributed by atoms with Gasteiger partial charge in [0.2, 0.25) is 0 Å². The monoisotopic (exact) mass is 348 g/mol. The average Bonchev–Trinajstić information content (AvgIpc) is 3.17. The summed E-state index contributed by atoms with van der Waals surface area (Å²) in [5, 5.41) is 4.09. The molecule has 0 fully saturated rings. The van der Waals surface area contributed by atoms with Crippen molar-refractivity contribution in [3.8, 4) is 28.3 Å². The Bertz CT molecular complexity index is 1080. The third kappa shape index (κ3) is 2.63. The van der Waals surface area contributed by atoms with Crippen LogP contribution < -0.4 is 4.74 Å². The molecule has 26 heavy (non-hydrogen) atoms. The maximum atomic E-state index is 5.58. The maximum Gasteiger partial charge on any atom is 0.294 e. The van der Waals surface area contributed by atoms with E-state index in [9.17, 15) is 0 Å². The highest BCUT2D eigenvalue weighted by Gasteiger charge is 2.18. The molecule has 0 atom stereocenters. The van der Waals surface area contributed by atoms with Crippen LogP contribution in [0.4, 0.5) is 0 Å².